The Bertz CT molecular complexity index is 1050. The van der Waals surface area contributed by atoms with Crippen LogP contribution in [0.4, 0.5) is 11.4 Å². The summed E-state index contributed by atoms with van der Waals surface area (Å²) >= 11 is 7.76. The number of anilines is 2. The van der Waals surface area contributed by atoms with Crippen molar-refractivity contribution in [3.8, 4) is 0 Å². The summed E-state index contributed by atoms with van der Waals surface area (Å²) in [6.07, 6.45) is 0.307. The molecule has 0 saturated heterocycles. The third-order valence-electron chi connectivity index (χ3n) is 4.92. The molecule has 0 saturated carbocycles. The van der Waals surface area contributed by atoms with Gasteiger partial charge in [-0.15, -0.1) is 11.3 Å². The van der Waals surface area contributed by atoms with Crippen molar-refractivity contribution in [2.75, 3.05) is 16.3 Å². The Kier molecular flexibility index (Phi) is 4.66. The highest BCUT2D eigenvalue weighted by atomic mass is 35.5. The van der Waals surface area contributed by atoms with Crippen LogP contribution in [0.2, 0.25) is 5.02 Å². The molecule has 1 atom stereocenters. The van der Waals surface area contributed by atoms with Crippen LogP contribution in [-0.4, -0.2) is 24.4 Å². The standard InChI is InChI=1S/C21H19ClN2O2S/c1-13-11-23(18-5-3-4-6-19(18)24(13)14(2)25)21(26)9-15-12-27-20-8-7-16(22)10-17(15)20/h3-8,10,12-13H,9,11H2,1-2H3/t13-/m0/s1. The number of amides is 2. The van der Waals surface area contributed by atoms with Gasteiger partial charge in [0, 0.05) is 23.2 Å². The monoisotopic (exact) mass is 398 g/mol. The third-order valence-corrected chi connectivity index (χ3v) is 6.16. The van der Waals surface area contributed by atoms with Gasteiger partial charge in [-0.3, -0.25) is 9.59 Å². The lowest BCUT2D eigenvalue weighted by Crippen LogP contribution is -2.51. The van der Waals surface area contributed by atoms with Gasteiger partial charge in [0.15, 0.2) is 0 Å². The summed E-state index contributed by atoms with van der Waals surface area (Å²) in [5.41, 5.74) is 2.56. The summed E-state index contributed by atoms with van der Waals surface area (Å²) < 4.78 is 1.12. The van der Waals surface area contributed by atoms with Gasteiger partial charge in [-0.2, -0.15) is 0 Å². The van der Waals surface area contributed by atoms with Gasteiger partial charge in [-0.05, 0) is 53.6 Å². The molecule has 0 fully saturated rings. The maximum absolute atomic E-state index is 13.2. The molecule has 0 spiro atoms. The van der Waals surface area contributed by atoms with Crippen LogP contribution in [0.5, 0.6) is 0 Å². The number of hydrogen-bond acceptors (Lipinski definition) is 3. The average Bonchev–Trinajstić information content (AvgIpc) is 3.02. The second-order valence-corrected chi connectivity index (χ2v) is 8.16. The Labute approximate surface area is 167 Å². The van der Waals surface area contributed by atoms with E-state index in [9.17, 15) is 9.59 Å². The fourth-order valence-corrected chi connectivity index (χ4v) is 4.86. The van der Waals surface area contributed by atoms with E-state index < -0.39 is 0 Å². The maximum atomic E-state index is 13.2. The van der Waals surface area contributed by atoms with Crippen molar-refractivity contribution < 1.29 is 9.59 Å². The van der Waals surface area contributed by atoms with Gasteiger partial charge in [-0.1, -0.05) is 23.7 Å². The number of thiophene rings is 1. The predicted octanol–water partition coefficient (Wildman–Crippen LogP) is 4.89. The molecule has 138 valence electrons. The highest BCUT2D eigenvalue weighted by Gasteiger charge is 2.33. The van der Waals surface area contributed by atoms with E-state index in [1.807, 2.05) is 54.8 Å². The first-order valence-electron chi connectivity index (χ1n) is 8.80. The van der Waals surface area contributed by atoms with E-state index in [0.29, 0.717) is 18.0 Å². The molecule has 4 rings (SSSR count). The molecule has 0 radical (unpaired) electrons. The first-order chi connectivity index (χ1) is 13.0. The minimum atomic E-state index is -0.0741. The predicted molar refractivity (Wildman–Crippen MR) is 112 cm³/mol. The second kappa shape index (κ2) is 6.98. The van der Waals surface area contributed by atoms with E-state index in [1.54, 1.807) is 28.1 Å². The maximum Gasteiger partial charge on any atom is 0.231 e. The summed E-state index contributed by atoms with van der Waals surface area (Å²) in [4.78, 5) is 28.8. The van der Waals surface area contributed by atoms with E-state index in [4.69, 9.17) is 11.6 Å². The normalized spacial score (nSPS) is 16.5. The van der Waals surface area contributed by atoms with Crippen LogP contribution in [0.1, 0.15) is 19.4 Å². The number of benzene rings is 2. The van der Waals surface area contributed by atoms with E-state index in [0.717, 1.165) is 27.0 Å². The summed E-state index contributed by atoms with van der Waals surface area (Å²) in [5, 5.41) is 3.73. The molecular weight excluding hydrogens is 380 g/mol. The van der Waals surface area contributed by atoms with E-state index in [2.05, 4.69) is 0 Å². The Morgan fingerprint density at radius 1 is 1.19 bits per heavy atom. The Balaban J connectivity index is 1.68. The van der Waals surface area contributed by atoms with Gasteiger partial charge in [0.25, 0.3) is 0 Å². The van der Waals surface area contributed by atoms with Gasteiger partial charge in [0.05, 0.1) is 23.8 Å². The molecule has 1 aliphatic rings. The fraction of sp³-hybridized carbons (Fsp3) is 0.238. The number of carbonyl (C=O) groups excluding carboxylic acids is 2. The zero-order chi connectivity index (χ0) is 19.1. The number of rotatable bonds is 2. The lowest BCUT2D eigenvalue weighted by atomic mass is 10.1. The van der Waals surface area contributed by atoms with Crippen molar-refractivity contribution in [3.63, 3.8) is 0 Å². The van der Waals surface area contributed by atoms with E-state index in [1.165, 1.54) is 0 Å². The van der Waals surface area contributed by atoms with Crippen molar-refractivity contribution in [2.24, 2.45) is 0 Å². The number of para-hydroxylation sites is 2. The SMILES string of the molecule is CC(=O)N1c2ccccc2N(C(=O)Cc2csc3ccc(Cl)cc23)C[C@@H]1C. The Morgan fingerprint density at radius 2 is 1.93 bits per heavy atom. The smallest absolute Gasteiger partial charge is 0.231 e. The lowest BCUT2D eigenvalue weighted by molar-refractivity contribution is -0.119. The summed E-state index contributed by atoms with van der Waals surface area (Å²) in [6.45, 7) is 4.02. The van der Waals surface area contributed by atoms with Crippen LogP contribution in [0.15, 0.2) is 47.8 Å². The highest BCUT2D eigenvalue weighted by Crippen LogP contribution is 2.36. The van der Waals surface area contributed by atoms with Gasteiger partial charge in [-0.25, -0.2) is 0 Å². The van der Waals surface area contributed by atoms with Crippen LogP contribution in [-0.2, 0) is 16.0 Å². The molecule has 0 unspecified atom stereocenters. The largest absolute Gasteiger partial charge is 0.308 e. The van der Waals surface area contributed by atoms with Gasteiger partial charge in [0.2, 0.25) is 11.8 Å². The van der Waals surface area contributed by atoms with E-state index in [-0.39, 0.29) is 17.9 Å². The minimum absolute atomic E-state index is 0.0134. The quantitative estimate of drug-likeness (QED) is 0.616. The number of halogens is 1. The molecule has 2 amide bonds. The van der Waals surface area contributed by atoms with Crippen molar-refractivity contribution in [2.45, 2.75) is 26.3 Å². The molecule has 2 aromatic carbocycles. The van der Waals surface area contributed by atoms with Crippen molar-refractivity contribution >= 4 is 56.2 Å². The fourth-order valence-electron chi connectivity index (χ4n) is 3.74. The molecule has 6 heteroatoms. The summed E-state index contributed by atoms with van der Waals surface area (Å²) in [7, 11) is 0. The van der Waals surface area contributed by atoms with Crippen molar-refractivity contribution in [1.82, 2.24) is 0 Å². The first-order valence-corrected chi connectivity index (χ1v) is 10.1. The average molecular weight is 399 g/mol. The molecule has 27 heavy (non-hydrogen) atoms. The first kappa shape index (κ1) is 18.0. The molecule has 1 aromatic heterocycles. The Hall–Kier alpha value is -2.37. The summed E-state index contributed by atoms with van der Waals surface area (Å²) in [5.74, 6) is 0.0118. The Morgan fingerprint density at radius 3 is 2.67 bits per heavy atom. The number of fused-ring (bicyclic) bond motifs is 2. The number of hydrogen-bond donors (Lipinski definition) is 0. The van der Waals surface area contributed by atoms with Crippen LogP contribution in [0.25, 0.3) is 10.1 Å². The third kappa shape index (κ3) is 3.22. The molecular formula is C21H19ClN2O2S. The molecule has 2 heterocycles. The van der Waals surface area contributed by atoms with Crippen molar-refractivity contribution in [1.29, 1.82) is 0 Å². The molecule has 0 aliphatic carbocycles. The molecule has 1 aliphatic heterocycles. The van der Waals surface area contributed by atoms with Gasteiger partial charge in [0.1, 0.15) is 0 Å². The van der Waals surface area contributed by atoms with Gasteiger partial charge >= 0.3 is 0 Å². The zero-order valence-electron chi connectivity index (χ0n) is 15.1. The lowest BCUT2D eigenvalue weighted by Gasteiger charge is -2.40. The van der Waals surface area contributed by atoms with Crippen LogP contribution < -0.4 is 9.80 Å². The van der Waals surface area contributed by atoms with Crippen LogP contribution >= 0.6 is 22.9 Å². The van der Waals surface area contributed by atoms with E-state index >= 15 is 0 Å². The van der Waals surface area contributed by atoms with Crippen LogP contribution in [0, 0.1) is 0 Å². The molecule has 4 nitrogen and oxygen atoms in total. The number of carbonyl (C=O) groups is 2. The molecule has 3 aromatic rings. The minimum Gasteiger partial charge on any atom is -0.308 e. The highest BCUT2D eigenvalue weighted by molar-refractivity contribution is 7.17. The van der Waals surface area contributed by atoms with Gasteiger partial charge < -0.3 is 9.80 Å². The second-order valence-electron chi connectivity index (χ2n) is 6.81. The molecule has 0 N–H and O–H groups in total. The van der Waals surface area contributed by atoms with Crippen LogP contribution in [0.3, 0.4) is 0 Å². The molecule has 0 bridgehead atoms. The topological polar surface area (TPSA) is 40.6 Å². The number of nitrogens with zero attached hydrogens (tertiary/aromatic N) is 2. The van der Waals surface area contributed by atoms with Crippen molar-refractivity contribution in [3.05, 3.63) is 58.4 Å². The zero-order valence-corrected chi connectivity index (χ0v) is 16.7. The summed E-state index contributed by atoms with van der Waals surface area (Å²) in [6, 6.07) is 13.3.